The number of hydrogen-bond donors (Lipinski definition) is 1. The average molecular weight is 254 g/mol. The predicted molar refractivity (Wildman–Crippen MR) is 68.2 cm³/mol. The number of ether oxygens (including phenoxy) is 1. The second-order valence-electron chi connectivity index (χ2n) is 4.29. The zero-order valence-electron chi connectivity index (χ0n) is 10.8. The number of nitro benzene ring substituents is 1. The topological polar surface area (TPSA) is 75.8 Å². The van der Waals surface area contributed by atoms with Gasteiger partial charge in [0.05, 0.1) is 12.0 Å². The van der Waals surface area contributed by atoms with Gasteiger partial charge in [0.25, 0.3) is 0 Å². The quantitative estimate of drug-likeness (QED) is 0.619. The number of aromatic hydroxyl groups is 1. The molecule has 0 radical (unpaired) electrons. The molecule has 1 N–H and O–H groups in total. The first-order valence-corrected chi connectivity index (χ1v) is 5.65. The van der Waals surface area contributed by atoms with Crippen molar-refractivity contribution in [3.05, 3.63) is 27.8 Å². The normalized spacial score (nSPS) is 10.7. The molecule has 1 aromatic rings. The Morgan fingerprint density at radius 2 is 2.11 bits per heavy atom. The number of benzene rings is 1. The smallest absolute Gasteiger partial charge is 0.318 e. The van der Waals surface area contributed by atoms with Gasteiger partial charge >= 0.3 is 5.69 Å². The van der Waals surface area contributed by atoms with Gasteiger partial charge in [-0.2, -0.15) is 0 Å². The molecule has 0 heterocycles. The van der Waals surface area contributed by atoms with E-state index >= 15 is 0 Å². The van der Waals surface area contributed by atoms with Crippen LogP contribution in [0.15, 0.2) is 12.1 Å². The number of aryl methyl sites for hydroxylation is 1. The molecular formula is C12H18N2O4. The van der Waals surface area contributed by atoms with E-state index in [0.717, 1.165) is 13.0 Å². The van der Waals surface area contributed by atoms with Crippen LogP contribution in [-0.2, 0) is 6.42 Å². The van der Waals surface area contributed by atoms with E-state index < -0.39 is 4.92 Å². The summed E-state index contributed by atoms with van der Waals surface area (Å²) in [7, 11) is 5.21. The van der Waals surface area contributed by atoms with Gasteiger partial charge in [-0.3, -0.25) is 10.1 Å². The molecule has 1 rings (SSSR count). The van der Waals surface area contributed by atoms with Crippen molar-refractivity contribution in [1.29, 1.82) is 0 Å². The number of phenols is 1. The number of nitro groups is 1. The van der Waals surface area contributed by atoms with E-state index in [2.05, 4.69) is 0 Å². The molecule has 6 nitrogen and oxygen atoms in total. The Hall–Kier alpha value is -1.82. The lowest BCUT2D eigenvalue weighted by molar-refractivity contribution is -0.386. The molecule has 0 aliphatic rings. The molecule has 100 valence electrons. The maximum atomic E-state index is 11.1. The number of rotatable bonds is 6. The van der Waals surface area contributed by atoms with Crippen LogP contribution in [0.4, 0.5) is 5.69 Å². The lowest BCUT2D eigenvalue weighted by Crippen LogP contribution is -2.13. The van der Waals surface area contributed by atoms with Crippen LogP contribution in [0.2, 0.25) is 0 Å². The summed E-state index contributed by atoms with van der Waals surface area (Å²) in [5, 5.41) is 20.6. The summed E-state index contributed by atoms with van der Waals surface area (Å²) in [6.07, 6.45) is 1.38. The third-order valence-corrected chi connectivity index (χ3v) is 2.63. The molecule has 0 fully saturated rings. The molecule has 0 unspecified atom stereocenters. The minimum Gasteiger partial charge on any atom is -0.504 e. The molecule has 0 saturated carbocycles. The predicted octanol–water partition coefficient (Wildman–Crippen LogP) is 1.80. The largest absolute Gasteiger partial charge is 0.504 e. The van der Waals surface area contributed by atoms with E-state index in [9.17, 15) is 15.2 Å². The van der Waals surface area contributed by atoms with Crippen LogP contribution < -0.4 is 4.74 Å². The van der Waals surface area contributed by atoms with Gasteiger partial charge in [-0.1, -0.05) is 0 Å². The summed E-state index contributed by atoms with van der Waals surface area (Å²) >= 11 is 0. The molecule has 0 saturated heterocycles. The first-order valence-electron chi connectivity index (χ1n) is 5.65. The van der Waals surface area contributed by atoms with Crippen molar-refractivity contribution < 1.29 is 14.8 Å². The molecule has 0 aliphatic heterocycles. The van der Waals surface area contributed by atoms with Crippen LogP contribution in [0.25, 0.3) is 0 Å². The summed E-state index contributed by atoms with van der Waals surface area (Å²) in [4.78, 5) is 12.6. The third kappa shape index (κ3) is 3.33. The molecule has 0 atom stereocenters. The molecule has 0 aromatic heterocycles. The Bertz CT molecular complexity index is 432. The van der Waals surface area contributed by atoms with Gasteiger partial charge in [0.15, 0.2) is 5.75 Å². The second-order valence-corrected chi connectivity index (χ2v) is 4.29. The van der Waals surface area contributed by atoms with Gasteiger partial charge < -0.3 is 14.7 Å². The Balaban J connectivity index is 3.00. The summed E-state index contributed by atoms with van der Waals surface area (Å²) in [6.45, 7) is 0.848. The SMILES string of the molecule is COc1c(O)ccc(CCCN(C)C)c1[N+](=O)[O-]. The van der Waals surface area contributed by atoms with Gasteiger partial charge in [0.2, 0.25) is 5.75 Å². The van der Waals surface area contributed by atoms with Crippen molar-refractivity contribution in [2.45, 2.75) is 12.8 Å². The van der Waals surface area contributed by atoms with Crippen LogP contribution in [0, 0.1) is 10.1 Å². The van der Waals surface area contributed by atoms with Crippen molar-refractivity contribution in [2.24, 2.45) is 0 Å². The molecule has 0 bridgehead atoms. The molecule has 1 aromatic carbocycles. The fourth-order valence-corrected chi connectivity index (χ4v) is 1.79. The third-order valence-electron chi connectivity index (χ3n) is 2.63. The molecule has 0 amide bonds. The van der Waals surface area contributed by atoms with Crippen molar-refractivity contribution in [1.82, 2.24) is 4.90 Å². The number of hydrogen-bond acceptors (Lipinski definition) is 5. The Morgan fingerprint density at radius 3 is 2.61 bits per heavy atom. The minimum absolute atomic E-state index is 0.0673. The van der Waals surface area contributed by atoms with E-state index in [-0.39, 0.29) is 17.2 Å². The van der Waals surface area contributed by atoms with Gasteiger partial charge in [-0.25, -0.2) is 0 Å². The van der Waals surface area contributed by atoms with E-state index in [1.165, 1.54) is 13.2 Å². The maximum absolute atomic E-state index is 11.1. The van der Waals surface area contributed by atoms with Gasteiger partial charge in [-0.15, -0.1) is 0 Å². The van der Waals surface area contributed by atoms with Crippen LogP contribution in [0.3, 0.4) is 0 Å². The highest BCUT2D eigenvalue weighted by Gasteiger charge is 2.23. The van der Waals surface area contributed by atoms with Crippen LogP contribution in [0.5, 0.6) is 11.5 Å². The zero-order chi connectivity index (χ0) is 13.7. The fourth-order valence-electron chi connectivity index (χ4n) is 1.79. The zero-order valence-corrected chi connectivity index (χ0v) is 10.8. The molecule has 18 heavy (non-hydrogen) atoms. The Morgan fingerprint density at radius 1 is 1.44 bits per heavy atom. The summed E-state index contributed by atoms with van der Waals surface area (Å²) in [5.74, 6) is -0.275. The highest BCUT2D eigenvalue weighted by molar-refractivity contribution is 5.60. The molecular weight excluding hydrogens is 236 g/mol. The van der Waals surface area contributed by atoms with E-state index in [4.69, 9.17) is 4.74 Å². The van der Waals surface area contributed by atoms with E-state index in [1.807, 2.05) is 19.0 Å². The minimum atomic E-state index is -0.510. The lowest BCUT2D eigenvalue weighted by Gasteiger charge is -2.11. The first-order chi connectivity index (χ1) is 8.47. The Labute approximate surface area is 106 Å². The van der Waals surface area contributed by atoms with Crippen LogP contribution >= 0.6 is 0 Å². The lowest BCUT2D eigenvalue weighted by atomic mass is 10.1. The first kappa shape index (κ1) is 14.2. The number of nitrogens with zero attached hydrogens (tertiary/aromatic N) is 2. The molecule has 0 aliphatic carbocycles. The second kappa shape index (κ2) is 6.20. The van der Waals surface area contributed by atoms with Gasteiger partial charge in [0, 0.05) is 5.56 Å². The molecule has 0 spiro atoms. The monoisotopic (exact) mass is 254 g/mol. The van der Waals surface area contributed by atoms with Crippen molar-refractivity contribution in [2.75, 3.05) is 27.7 Å². The highest BCUT2D eigenvalue weighted by Crippen LogP contribution is 2.39. The summed E-state index contributed by atoms with van der Waals surface area (Å²) in [6, 6.07) is 3.00. The average Bonchev–Trinajstić information content (AvgIpc) is 2.29. The van der Waals surface area contributed by atoms with E-state index in [1.54, 1.807) is 6.07 Å². The molecule has 6 heteroatoms. The van der Waals surface area contributed by atoms with Crippen LogP contribution in [0.1, 0.15) is 12.0 Å². The highest BCUT2D eigenvalue weighted by atomic mass is 16.6. The van der Waals surface area contributed by atoms with Crippen molar-refractivity contribution in [3.63, 3.8) is 0 Å². The number of methoxy groups -OCH3 is 1. The van der Waals surface area contributed by atoms with Crippen molar-refractivity contribution in [3.8, 4) is 11.5 Å². The maximum Gasteiger partial charge on any atom is 0.318 e. The number of phenolic OH excluding ortho intramolecular Hbond substituents is 1. The van der Waals surface area contributed by atoms with Gasteiger partial charge in [0.1, 0.15) is 0 Å². The van der Waals surface area contributed by atoms with Crippen LogP contribution in [-0.4, -0.2) is 42.7 Å². The summed E-state index contributed by atoms with van der Waals surface area (Å²) in [5.41, 5.74) is 0.438. The fraction of sp³-hybridized carbons (Fsp3) is 0.500. The van der Waals surface area contributed by atoms with E-state index in [0.29, 0.717) is 12.0 Å². The van der Waals surface area contributed by atoms with Gasteiger partial charge in [-0.05, 0) is 45.6 Å². The Kier molecular flexibility index (Phi) is 4.91. The standard InChI is InChI=1S/C12H18N2O4/c1-13(2)8-4-5-9-6-7-10(15)12(18-3)11(9)14(16)17/h6-7,15H,4-5,8H2,1-3H3. The van der Waals surface area contributed by atoms with Crippen molar-refractivity contribution >= 4 is 5.69 Å². The summed E-state index contributed by atoms with van der Waals surface area (Å²) < 4.78 is 4.90.